The van der Waals surface area contributed by atoms with Crippen LogP contribution in [0.2, 0.25) is 5.02 Å². The zero-order valence-electron chi connectivity index (χ0n) is 12.1. The average molecular weight is 296 g/mol. The summed E-state index contributed by atoms with van der Waals surface area (Å²) in [5.74, 6) is 0.722. The predicted molar refractivity (Wildman–Crippen MR) is 83.8 cm³/mol. The standard InChI is InChI=1S/C14H22ClN5/c1-3-10(2)19-6-8-20(9-7-19)14-12(15)11(13(16)17)4-5-18-14/h4-5,10H,3,6-9H2,1-2H3,(H3,16,17). The molecule has 2 rings (SSSR count). The second kappa shape index (κ2) is 6.41. The van der Waals surface area contributed by atoms with E-state index >= 15 is 0 Å². The number of nitrogens with one attached hydrogen (secondary N) is 1. The molecule has 1 unspecified atom stereocenters. The summed E-state index contributed by atoms with van der Waals surface area (Å²) in [5.41, 5.74) is 6.09. The quantitative estimate of drug-likeness (QED) is 0.658. The number of rotatable bonds is 4. The van der Waals surface area contributed by atoms with Gasteiger partial charge in [-0.3, -0.25) is 10.3 Å². The van der Waals surface area contributed by atoms with E-state index < -0.39 is 0 Å². The van der Waals surface area contributed by atoms with E-state index in [9.17, 15) is 0 Å². The van der Waals surface area contributed by atoms with Gasteiger partial charge in [-0.05, 0) is 19.4 Å². The Morgan fingerprint density at radius 3 is 2.65 bits per heavy atom. The molecule has 5 nitrogen and oxygen atoms in total. The van der Waals surface area contributed by atoms with E-state index in [0.717, 1.165) is 32.0 Å². The maximum absolute atomic E-state index is 7.54. The molecular weight excluding hydrogens is 274 g/mol. The second-order valence-corrected chi connectivity index (χ2v) is 5.57. The molecule has 1 fully saturated rings. The lowest BCUT2D eigenvalue weighted by molar-refractivity contribution is 0.192. The minimum Gasteiger partial charge on any atom is -0.384 e. The minimum absolute atomic E-state index is 0.0168. The fourth-order valence-electron chi connectivity index (χ4n) is 2.49. The van der Waals surface area contributed by atoms with Crippen LogP contribution in [-0.4, -0.2) is 47.9 Å². The van der Waals surface area contributed by atoms with Crippen molar-refractivity contribution in [2.24, 2.45) is 5.73 Å². The molecule has 3 N–H and O–H groups in total. The average Bonchev–Trinajstić information content (AvgIpc) is 2.46. The molecule has 110 valence electrons. The van der Waals surface area contributed by atoms with Crippen molar-refractivity contribution in [2.45, 2.75) is 26.3 Å². The third-order valence-electron chi connectivity index (χ3n) is 3.99. The van der Waals surface area contributed by atoms with Crippen LogP contribution in [0.5, 0.6) is 0 Å². The van der Waals surface area contributed by atoms with Gasteiger partial charge in [0.25, 0.3) is 0 Å². The van der Waals surface area contributed by atoms with Crippen molar-refractivity contribution in [3.63, 3.8) is 0 Å². The highest BCUT2D eigenvalue weighted by atomic mass is 35.5. The molecule has 20 heavy (non-hydrogen) atoms. The molecule has 0 spiro atoms. The minimum atomic E-state index is -0.0168. The molecule has 1 saturated heterocycles. The zero-order chi connectivity index (χ0) is 14.7. The third kappa shape index (κ3) is 3.04. The van der Waals surface area contributed by atoms with Crippen LogP contribution in [0, 0.1) is 5.41 Å². The summed E-state index contributed by atoms with van der Waals surface area (Å²) in [6, 6.07) is 2.30. The van der Waals surface area contributed by atoms with Crippen molar-refractivity contribution in [3.8, 4) is 0 Å². The normalized spacial score (nSPS) is 18.1. The van der Waals surface area contributed by atoms with Crippen LogP contribution in [0.4, 0.5) is 5.82 Å². The Morgan fingerprint density at radius 1 is 1.45 bits per heavy atom. The van der Waals surface area contributed by atoms with Crippen LogP contribution >= 0.6 is 11.6 Å². The van der Waals surface area contributed by atoms with Gasteiger partial charge in [-0.2, -0.15) is 0 Å². The Morgan fingerprint density at radius 2 is 2.10 bits per heavy atom. The molecule has 0 saturated carbocycles. The number of hydrogen-bond donors (Lipinski definition) is 2. The summed E-state index contributed by atoms with van der Waals surface area (Å²) in [6.07, 6.45) is 2.83. The molecule has 1 aliphatic rings. The van der Waals surface area contributed by atoms with Crippen LogP contribution in [0.1, 0.15) is 25.8 Å². The molecule has 1 atom stereocenters. The highest BCUT2D eigenvalue weighted by molar-refractivity contribution is 6.36. The first-order valence-corrected chi connectivity index (χ1v) is 7.40. The van der Waals surface area contributed by atoms with Crippen molar-refractivity contribution >= 4 is 23.3 Å². The second-order valence-electron chi connectivity index (χ2n) is 5.19. The topological polar surface area (TPSA) is 69.2 Å². The van der Waals surface area contributed by atoms with Crippen molar-refractivity contribution in [1.29, 1.82) is 5.41 Å². The highest BCUT2D eigenvalue weighted by Gasteiger charge is 2.23. The Kier molecular flexibility index (Phi) is 4.83. The van der Waals surface area contributed by atoms with Crippen molar-refractivity contribution in [1.82, 2.24) is 9.88 Å². The molecule has 2 heterocycles. The molecular formula is C14H22ClN5. The number of anilines is 1. The molecule has 1 aliphatic heterocycles. The Bertz CT molecular complexity index is 482. The molecule has 0 aliphatic carbocycles. The van der Waals surface area contributed by atoms with E-state index in [4.69, 9.17) is 22.7 Å². The molecule has 6 heteroatoms. The van der Waals surface area contributed by atoms with Crippen LogP contribution in [0.15, 0.2) is 12.3 Å². The lowest BCUT2D eigenvalue weighted by atomic mass is 10.2. The number of piperazine rings is 1. The largest absolute Gasteiger partial charge is 0.384 e. The fourth-order valence-corrected chi connectivity index (χ4v) is 2.83. The number of nitrogens with zero attached hydrogens (tertiary/aromatic N) is 3. The van der Waals surface area contributed by atoms with Crippen LogP contribution in [0.3, 0.4) is 0 Å². The summed E-state index contributed by atoms with van der Waals surface area (Å²) in [4.78, 5) is 9.02. The zero-order valence-corrected chi connectivity index (χ0v) is 12.8. The summed E-state index contributed by atoms with van der Waals surface area (Å²) in [5, 5.41) is 8.02. The van der Waals surface area contributed by atoms with Gasteiger partial charge in [0.05, 0.1) is 5.02 Å². The Hall–Kier alpha value is -1.33. The maximum Gasteiger partial charge on any atom is 0.148 e. The monoisotopic (exact) mass is 295 g/mol. The lowest BCUT2D eigenvalue weighted by Gasteiger charge is -2.38. The highest BCUT2D eigenvalue weighted by Crippen LogP contribution is 2.27. The van der Waals surface area contributed by atoms with Crippen molar-refractivity contribution in [2.75, 3.05) is 31.1 Å². The third-order valence-corrected chi connectivity index (χ3v) is 4.36. The maximum atomic E-state index is 7.54. The predicted octanol–water partition coefficient (Wildman–Crippen LogP) is 1.94. The van der Waals surface area contributed by atoms with Gasteiger partial charge in [-0.1, -0.05) is 18.5 Å². The number of nitrogen functional groups attached to an aromatic ring is 1. The van der Waals surface area contributed by atoms with E-state index in [1.807, 2.05) is 0 Å². The van der Waals surface area contributed by atoms with Crippen molar-refractivity contribution in [3.05, 3.63) is 22.8 Å². The van der Waals surface area contributed by atoms with Crippen molar-refractivity contribution < 1.29 is 0 Å². The van der Waals surface area contributed by atoms with E-state index in [2.05, 4.69) is 28.6 Å². The fraction of sp³-hybridized carbons (Fsp3) is 0.571. The van der Waals surface area contributed by atoms with E-state index in [1.54, 1.807) is 12.3 Å². The van der Waals surface area contributed by atoms with Gasteiger partial charge in [0.1, 0.15) is 11.7 Å². The van der Waals surface area contributed by atoms with Crippen LogP contribution < -0.4 is 10.6 Å². The number of nitrogens with two attached hydrogens (primary N) is 1. The smallest absolute Gasteiger partial charge is 0.148 e. The summed E-state index contributed by atoms with van der Waals surface area (Å²) in [7, 11) is 0. The van der Waals surface area contributed by atoms with E-state index in [0.29, 0.717) is 16.6 Å². The Balaban J connectivity index is 2.11. The SMILES string of the molecule is CCC(C)N1CCN(c2nccc(C(=N)N)c2Cl)CC1. The Labute approximate surface area is 125 Å². The number of aromatic nitrogens is 1. The first-order chi connectivity index (χ1) is 9.54. The van der Waals surface area contributed by atoms with Gasteiger partial charge in [0.2, 0.25) is 0 Å². The summed E-state index contributed by atoms with van der Waals surface area (Å²) in [6.45, 7) is 8.30. The molecule has 0 radical (unpaired) electrons. The number of halogens is 1. The molecule has 0 aromatic carbocycles. The van der Waals surface area contributed by atoms with Gasteiger partial charge < -0.3 is 10.6 Å². The first kappa shape index (κ1) is 15.1. The first-order valence-electron chi connectivity index (χ1n) is 7.02. The summed E-state index contributed by atoms with van der Waals surface area (Å²) >= 11 is 6.32. The molecule has 0 bridgehead atoms. The van der Waals surface area contributed by atoms with Gasteiger partial charge in [0.15, 0.2) is 0 Å². The van der Waals surface area contributed by atoms with Crippen LogP contribution in [-0.2, 0) is 0 Å². The van der Waals surface area contributed by atoms with Gasteiger partial charge in [-0.25, -0.2) is 4.98 Å². The van der Waals surface area contributed by atoms with Crippen LogP contribution in [0.25, 0.3) is 0 Å². The number of amidine groups is 1. The number of pyridine rings is 1. The van der Waals surface area contributed by atoms with Gasteiger partial charge >= 0.3 is 0 Å². The van der Waals surface area contributed by atoms with E-state index in [-0.39, 0.29) is 5.84 Å². The van der Waals surface area contributed by atoms with E-state index in [1.165, 1.54) is 6.42 Å². The van der Waals surface area contributed by atoms with Gasteiger partial charge in [0, 0.05) is 44.0 Å². The van der Waals surface area contributed by atoms with Gasteiger partial charge in [-0.15, -0.1) is 0 Å². The molecule has 0 amide bonds. The number of hydrogen-bond acceptors (Lipinski definition) is 4. The molecule has 1 aromatic rings. The molecule has 1 aromatic heterocycles. The summed E-state index contributed by atoms with van der Waals surface area (Å²) < 4.78 is 0. The lowest BCUT2D eigenvalue weighted by Crippen LogP contribution is -2.49.